The van der Waals surface area contributed by atoms with Gasteiger partial charge in [0.25, 0.3) is 0 Å². The Kier molecular flexibility index (Phi) is 11.9. The van der Waals surface area contributed by atoms with Crippen molar-refractivity contribution in [2.75, 3.05) is 19.7 Å². The molecule has 1 unspecified atom stereocenters. The number of hydrogen-bond donors (Lipinski definition) is 2. The van der Waals surface area contributed by atoms with Crippen LogP contribution in [0.5, 0.6) is 0 Å². The van der Waals surface area contributed by atoms with Crippen molar-refractivity contribution < 1.29 is 64.8 Å². The highest BCUT2D eigenvalue weighted by Gasteiger charge is 2.55. The van der Waals surface area contributed by atoms with Gasteiger partial charge in [-0.3, -0.25) is 14.4 Å². The maximum absolute atomic E-state index is 14.4. The summed E-state index contributed by atoms with van der Waals surface area (Å²) in [4.78, 5) is 37.0. The first-order chi connectivity index (χ1) is 24.5. The largest absolute Gasteiger partial charge is 0.463 e. The van der Waals surface area contributed by atoms with Gasteiger partial charge in [-0.05, 0) is 49.7 Å². The molecule has 1 aromatic heterocycles. The topological polar surface area (TPSA) is 151 Å². The molecule has 3 aromatic rings. The summed E-state index contributed by atoms with van der Waals surface area (Å²) in [6, 6.07) is 4.58. The molecule has 0 amide bonds. The van der Waals surface area contributed by atoms with Crippen molar-refractivity contribution in [3.8, 4) is 11.3 Å². The van der Waals surface area contributed by atoms with Gasteiger partial charge in [0, 0.05) is 26.3 Å². The van der Waals surface area contributed by atoms with E-state index in [2.05, 4.69) is 15.6 Å². The van der Waals surface area contributed by atoms with Crippen LogP contribution in [-0.4, -0.2) is 87.1 Å². The standard InChI is InChI=1S/C33H34F6N4O8S/c1-16(44)48-15-25-28(49-17(2)45)27(43-14-24(41-42-43)19-12-22(34)26(36)23(35)13-19)29(50-18(3)46)31(51-25)52-30(32(47)8-10-40-11-9-32)20-6-4-5-7-21(20)33(37,38)39/h4-7,12-14,25,27-31,40,47H,8-11,15H2,1-3H3/t25-,27+,28+,29-,30?,31+/m1/s1. The van der Waals surface area contributed by atoms with Gasteiger partial charge >= 0.3 is 24.1 Å². The molecule has 3 heterocycles. The normalized spacial score (nSPS) is 23.8. The summed E-state index contributed by atoms with van der Waals surface area (Å²) in [7, 11) is 0. The molecule has 2 saturated heterocycles. The molecule has 2 fully saturated rings. The van der Waals surface area contributed by atoms with Crippen molar-refractivity contribution in [2.45, 2.75) is 80.4 Å². The fourth-order valence-corrected chi connectivity index (χ4v) is 7.97. The zero-order valence-corrected chi connectivity index (χ0v) is 28.7. The minimum Gasteiger partial charge on any atom is -0.463 e. The lowest BCUT2D eigenvalue weighted by Gasteiger charge is -2.47. The summed E-state index contributed by atoms with van der Waals surface area (Å²) >= 11 is 0.710. The minimum atomic E-state index is -4.83. The maximum atomic E-state index is 14.4. The van der Waals surface area contributed by atoms with Crippen molar-refractivity contribution >= 4 is 29.7 Å². The first kappa shape index (κ1) is 39.0. The third-order valence-corrected chi connectivity index (χ3v) is 10.2. The summed E-state index contributed by atoms with van der Waals surface area (Å²) in [6.07, 6.45) is -8.09. The van der Waals surface area contributed by atoms with E-state index < -0.39 is 94.3 Å². The van der Waals surface area contributed by atoms with Gasteiger partial charge in [-0.25, -0.2) is 17.9 Å². The Morgan fingerprint density at radius 2 is 1.63 bits per heavy atom. The number of rotatable bonds is 10. The van der Waals surface area contributed by atoms with E-state index in [-0.39, 0.29) is 42.8 Å². The monoisotopic (exact) mass is 760 g/mol. The Morgan fingerprint density at radius 1 is 1.02 bits per heavy atom. The SMILES string of the molecule is CC(=O)OC[C@H]1O[C@@H](SC(c2ccccc2C(F)(F)F)C2(O)CCNCC2)[C@H](OC(C)=O)[C@@H](n2cc(-c3cc(F)c(F)c(F)c3)nn2)[C@H]1OC(C)=O. The predicted molar refractivity (Wildman–Crippen MR) is 170 cm³/mol. The molecule has 5 rings (SSSR count). The number of halogens is 6. The average Bonchev–Trinajstić information content (AvgIpc) is 3.55. The van der Waals surface area contributed by atoms with Gasteiger partial charge in [0.1, 0.15) is 29.9 Å². The van der Waals surface area contributed by atoms with E-state index in [4.69, 9.17) is 18.9 Å². The summed E-state index contributed by atoms with van der Waals surface area (Å²) in [5.74, 6) is -7.31. The molecule has 0 radical (unpaired) electrons. The molecular formula is C33H34F6N4O8S. The Bertz CT molecular complexity index is 1770. The molecule has 2 aromatic carbocycles. The number of thioether (sulfide) groups is 1. The molecule has 2 aliphatic rings. The van der Waals surface area contributed by atoms with Gasteiger partial charge in [-0.1, -0.05) is 23.4 Å². The summed E-state index contributed by atoms with van der Waals surface area (Å²) < 4.78 is 109. The van der Waals surface area contributed by atoms with Crippen LogP contribution in [0.1, 0.15) is 56.0 Å². The van der Waals surface area contributed by atoms with Gasteiger partial charge in [0.15, 0.2) is 29.7 Å². The Labute approximate surface area is 297 Å². The number of carbonyl (C=O) groups excluding carboxylic acids is 3. The highest BCUT2D eigenvalue weighted by atomic mass is 32.2. The van der Waals surface area contributed by atoms with Crippen LogP contribution in [0.4, 0.5) is 26.3 Å². The number of benzene rings is 2. The molecule has 0 spiro atoms. The quantitative estimate of drug-likeness (QED) is 0.128. The van der Waals surface area contributed by atoms with E-state index in [1.807, 2.05) is 0 Å². The van der Waals surface area contributed by atoms with Crippen LogP contribution < -0.4 is 5.32 Å². The molecule has 0 saturated carbocycles. The van der Waals surface area contributed by atoms with Crippen molar-refractivity contribution in [2.24, 2.45) is 0 Å². The number of hydrogen-bond acceptors (Lipinski definition) is 12. The maximum Gasteiger partial charge on any atom is 0.416 e. The van der Waals surface area contributed by atoms with Gasteiger partial charge in [-0.15, -0.1) is 16.9 Å². The number of esters is 3. The number of ether oxygens (including phenoxy) is 4. The van der Waals surface area contributed by atoms with Gasteiger partial charge in [0.2, 0.25) is 0 Å². The Morgan fingerprint density at radius 3 is 2.23 bits per heavy atom. The van der Waals surface area contributed by atoms with Crippen LogP contribution in [0.2, 0.25) is 0 Å². The second-order valence-corrected chi connectivity index (χ2v) is 13.5. The fraction of sp³-hybridized carbons (Fsp3) is 0.485. The zero-order valence-electron chi connectivity index (χ0n) is 27.9. The molecule has 6 atom stereocenters. The van der Waals surface area contributed by atoms with Crippen molar-refractivity contribution in [3.05, 3.63) is 71.2 Å². The number of aromatic nitrogens is 3. The molecule has 0 bridgehead atoms. The number of nitrogens with zero attached hydrogens (tertiary/aromatic N) is 3. The van der Waals surface area contributed by atoms with Crippen LogP contribution >= 0.6 is 11.8 Å². The number of carbonyl (C=O) groups is 3. The summed E-state index contributed by atoms with van der Waals surface area (Å²) in [5.41, 5.74) is -4.99. The number of piperidine rings is 1. The Hall–Kier alpha value is -4.20. The summed E-state index contributed by atoms with van der Waals surface area (Å²) in [5, 5.41) is 21.7. The number of alkyl halides is 3. The van der Waals surface area contributed by atoms with Crippen LogP contribution in [0.25, 0.3) is 11.3 Å². The smallest absolute Gasteiger partial charge is 0.416 e. The number of aliphatic hydroxyl groups is 1. The molecule has 282 valence electrons. The lowest BCUT2D eigenvalue weighted by atomic mass is 9.84. The van der Waals surface area contributed by atoms with Crippen molar-refractivity contribution in [3.63, 3.8) is 0 Å². The lowest BCUT2D eigenvalue weighted by molar-refractivity contribution is -0.212. The van der Waals surface area contributed by atoms with E-state index in [0.717, 1.165) is 37.7 Å². The average molecular weight is 761 g/mol. The second kappa shape index (κ2) is 15.8. The van der Waals surface area contributed by atoms with Crippen LogP contribution in [0.15, 0.2) is 42.6 Å². The minimum absolute atomic E-state index is 0.0232. The lowest BCUT2D eigenvalue weighted by Crippen LogP contribution is -2.58. The molecule has 52 heavy (non-hydrogen) atoms. The van der Waals surface area contributed by atoms with Gasteiger partial charge in [0.05, 0.1) is 22.6 Å². The van der Waals surface area contributed by atoms with Gasteiger partial charge < -0.3 is 29.4 Å². The van der Waals surface area contributed by atoms with E-state index in [1.165, 1.54) is 18.2 Å². The molecule has 2 aliphatic heterocycles. The van der Waals surface area contributed by atoms with E-state index in [0.29, 0.717) is 23.9 Å². The zero-order chi connectivity index (χ0) is 38.0. The van der Waals surface area contributed by atoms with E-state index >= 15 is 0 Å². The van der Waals surface area contributed by atoms with Crippen LogP contribution in [-0.2, 0) is 39.5 Å². The van der Waals surface area contributed by atoms with Crippen LogP contribution in [0, 0.1) is 17.5 Å². The fourth-order valence-electron chi connectivity index (χ4n) is 6.28. The first-order valence-electron chi connectivity index (χ1n) is 15.9. The predicted octanol–water partition coefficient (Wildman–Crippen LogP) is 4.66. The molecule has 2 N–H and O–H groups in total. The molecule has 12 nitrogen and oxygen atoms in total. The third-order valence-electron chi connectivity index (χ3n) is 8.54. The molecular weight excluding hydrogens is 726 g/mol. The van der Waals surface area contributed by atoms with Crippen LogP contribution in [0.3, 0.4) is 0 Å². The highest BCUT2D eigenvalue weighted by Crippen LogP contribution is 2.52. The first-order valence-corrected chi connectivity index (χ1v) is 16.9. The van der Waals surface area contributed by atoms with Crippen molar-refractivity contribution in [1.29, 1.82) is 0 Å². The second-order valence-electron chi connectivity index (χ2n) is 12.3. The third kappa shape index (κ3) is 8.70. The van der Waals surface area contributed by atoms with Crippen molar-refractivity contribution in [1.82, 2.24) is 20.3 Å². The molecule has 19 heteroatoms. The van der Waals surface area contributed by atoms with E-state index in [9.17, 15) is 45.8 Å². The van der Waals surface area contributed by atoms with Gasteiger partial charge in [-0.2, -0.15) is 13.2 Å². The molecule has 0 aliphatic carbocycles. The highest BCUT2D eigenvalue weighted by molar-refractivity contribution is 8.00. The number of nitrogens with one attached hydrogen (secondary N) is 1. The summed E-state index contributed by atoms with van der Waals surface area (Å²) in [6.45, 7) is 3.14. The van der Waals surface area contributed by atoms with E-state index in [1.54, 1.807) is 0 Å². The Balaban J connectivity index is 1.67.